The predicted octanol–water partition coefficient (Wildman–Crippen LogP) is 4.34. The molecular weight excluding hydrogens is 395 g/mol. The number of nitrogens with zero attached hydrogens (tertiary/aromatic N) is 2. The van der Waals surface area contributed by atoms with E-state index in [2.05, 4.69) is 4.98 Å². The quantitative estimate of drug-likeness (QED) is 0.635. The molecule has 0 amide bonds. The normalized spacial score (nSPS) is 16.8. The number of fused-ring (bicyclic) bond motifs is 1. The van der Waals surface area contributed by atoms with Gasteiger partial charge in [0.15, 0.2) is 11.7 Å². The van der Waals surface area contributed by atoms with Gasteiger partial charge in [0.2, 0.25) is 0 Å². The van der Waals surface area contributed by atoms with E-state index < -0.39 is 15.8 Å². The van der Waals surface area contributed by atoms with Crippen LogP contribution < -0.4 is 9.04 Å². The average Bonchev–Trinajstić information content (AvgIpc) is 3.49. The van der Waals surface area contributed by atoms with Crippen molar-refractivity contribution in [2.24, 2.45) is 0 Å². The van der Waals surface area contributed by atoms with Crippen LogP contribution in [0.4, 0.5) is 10.1 Å². The van der Waals surface area contributed by atoms with E-state index in [-0.39, 0.29) is 17.1 Å². The highest BCUT2D eigenvalue weighted by atomic mass is 32.2. The molecule has 2 aliphatic rings. The maximum Gasteiger partial charge on any atom is 0.264 e. The number of anilines is 1. The lowest BCUT2D eigenvalue weighted by Gasteiger charge is -2.23. The van der Waals surface area contributed by atoms with Gasteiger partial charge in [0.1, 0.15) is 11.6 Å². The van der Waals surface area contributed by atoms with E-state index in [0.717, 1.165) is 24.3 Å². The van der Waals surface area contributed by atoms with Gasteiger partial charge in [-0.1, -0.05) is 0 Å². The molecule has 0 saturated heterocycles. The minimum atomic E-state index is -3.87. The van der Waals surface area contributed by atoms with Gasteiger partial charge in [-0.2, -0.15) is 0 Å². The van der Waals surface area contributed by atoms with Gasteiger partial charge >= 0.3 is 0 Å². The van der Waals surface area contributed by atoms with Crippen molar-refractivity contribution in [2.75, 3.05) is 17.5 Å². The van der Waals surface area contributed by atoms with Crippen molar-refractivity contribution >= 4 is 15.7 Å². The van der Waals surface area contributed by atoms with Gasteiger partial charge in [0.05, 0.1) is 23.4 Å². The molecule has 6 nitrogen and oxygen atoms in total. The van der Waals surface area contributed by atoms with Gasteiger partial charge in [-0.3, -0.25) is 4.31 Å². The third-order valence-electron chi connectivity index (χ3n) is 5.13. The van der Waals surface area contributed by atoms with Crippen LogP contribution in [-0.4, -0.2) is 26.6 Å². The van der Waals surface area contributed by atoms with Crippen LogP contribution in [-0.2, 0) is 10.0 Å². The van der Waals surface area contributed by atoms with Crippen LogP contribution >= 0.6 is 0 Å². The Labute approximate surface area is 168 Å². The summed E-state index contributed by atoms with van der Waals surface area (Å²) in [5, 5.41) is 0. The molecule has 0 N–H and O–H groups in total. The van der Waals surface area contributed by atoms with Crippen molar-refractivity contribution in [3.05, 3.63) is 60.4 Å². The lowest BCUT2D eigenvalue weighted by atomic mass is 10.2. The number of aromatic nitrogens is 1. The van der Waals surface area contributed by atoms with Gasteiger partial charge in [0.25, 0.3) is 10.0 Å². The standard InChI is InChI=1S/C21H19FN2O4S/c22-16-6-9-19-18(12-16)24(10-1-11-27-19)29(25,26)17-7-4-14(5-8-17)20-13-23-21(28-20)15-2-3-15/h4-9,12-13,15H,1-3,10-11H2. The monoisotopic (exact) mass is 414 g/mol. The van der Waals surface area contributed by atoms with Crippen LogP contribution in [0, 0.1) is 5.82 Å². The molecule has 2 heterocycles. The minimum Gasteiger partial charge on any atom is -0.491 e. The summed E-state index contributed by atoms with van der Waals surface area (Å²) in [7, 11) is -3.87. The Morgan fingerprint density at radius 2 is 1.90 bits per heavy atom. The Morgan fingerprint density at radius 3 is 2.66 bits per heavy atom. The van der Waals surface area contributed by atoms with Gasteiger partial charge in [-0.15, -0.1) is 0 Å². The summed E-state index contributed by atoms with van der Waals surface area (Å²) in [5.74, 6) is 1.61. The number of ether oxygens (including phenoxy) is 1. The molecule has 1 aromatic heterocycles. The second-order valence-corrected chi connectivity index (χ2v) is 9.11. The molecular formula is C21H19FN2O4S. The molecule has 1 aliphatic carbocycles. The van der Waals surface area contributed by atoms with Crippen LogP contribution in [0.5, 0.6) is 5.75 Å². The van der Waals surface area contributed by atoms with E-state index in [4.69, 9.17) is 9.15 Å². The van der Waals surface area contributed by atoms with Crippen molar-refractivity contribution < 1.29 is 22.0 Å². The molecule has 3 aromatic rings. The van der Waals surface area contributed by atoms with Gasteiger partial charge < -0.3 is 9.15 Å². The number of hydrogen-bond donors (Lipinski definition) is 0. The molecule has 29 heavy (non-hydrogen) atoms. The number of rotatable bonds is 4. The number of oxazole rings is 1. The molecule has 1 fully saturated rings. The van der Waals surface area contributed by atoms with Crippen molar-refractivity contribution in [2.45, 2.75) is 30.1 Å². The molecule has 0 atom stereocenters. The average molecular weight is 414 g/mol. The molecule has 2 aromatic carbocycles. The first-order chi connectivity index (χ1) is 14.0. The highest BCUT2D eigenvalue weighted by Crippen LogP contribution is 2.41. The Morgan fingerprint density at radius 1 is 1.10 bits per heavy atom. The smallest absolute Gasteiger partial charge is 0.264 e. The summed E-state index contributed by atoms with van der Waals surface area (Å²) in [6.45, 7) is 0.589. The molecule has 0 spiro atoms. The first-order valence-electron chi connectivity index (χ1n) is 9.53. The fraction of sp³-hybridized carbons (Fsp3) is 0.286. The molecule has 1 saturated carbocycles. The third kappa shape index (κ3) is 3.37. The van der Waals surface area contributed by atoms with Crippen molar-refractivity contribution in [3.8, 4) is 17.1 Å². The molecule has 8 heteroatoms. The van der Waals surface area contributed by atoms with E-state index in [1.165, 1.54) is 34.6 Å². The van der Waals surface area contributed by atoms with E-state index >= 15 is 0 Å². The maximum absolute atomic E-state index is 13.8. The zero-order valence-electron chi connectivity index (χ0n) is 15.5. The number of benzene rings is 2. The third-order valence-corrected chi connectivity index (χ3v) is 6.96. The Hall–Kier alpha value is -2.87. The highest BCUT2D eigenvalue weighted by Gasteiger charge is 2.30. The molecule has 1 aliphatic heterocycles. The van der Waals surface area contributed by atoms with Crippen LogP contribution in [0.25, 0.3) is 11.3 Å². The van der Waals surface area contributed by atoms with E-state index in [9.17, 15) is 12.8 Å². The van der Waals surface area contributed by atoms with Crippen molar-refractivity contribution in [1.29, 1.82) is 0 Å². The minimum absolute atomic E-state index is 0.125. The van der Waals surface area contributed by atoms with Crippen LogP contribution in [0.2, 0.25) is 0 Å². The Kier molecular flexibility index (Phi) is 4.31. The van der Waals surface area contributed by atoms with Crippen molar-refractivity contribution in [1.82, 2.24) is 4.98 Å². The molecule has 150 valence electrons. The first kappa shape index (κ1) is 18.2. The second-order valence-electron chi connectivity index (χ2n) is 7.25. The largest absolute Gasteiger partial charge is 0.491 e. The summed E-state index contributed by atoms with van der Waals surface area (Å²) in [4.78, 5) is 4.43. The number of hydrogen-bond acceptors (Lipinski definition) is 5. The van der Waals surface area contributed by atoms with E-state index in [1.54, 1.807) is 18.3 Å². The Bertz CT molecular complexity index is 1150. The highest BCUT2D eigenvalue weighted by molar-refractivity contribution is 7.92. The maximum atomic E-state index is 13.8. The Balaban J connectivity index is 1.47. The van der Waals surface area contributed by atoms with Gasteiger partial charge in [-0.05, 0) is 49.2 Å². The van der Waals surface area contributed by atoms with Crippen LogP contribution in [0.1, 0.15) is 31.1 Å². The molecule has 0 radical (unpaired) electrons. The zero-order chi connectivity index (χ0) is 20.0. The van der Waals surface area contributed by atoms with Gasteiger partial charge in [-0.25, -0.2) is 17.8 Å². The van der Waals surface area contributed by atoms with Crippen LogP contribution in [0.15, 0.2) is 58.0 Å². The van der Waals surface area contributed by atoms with E-state index in [1.807, 2.05) is 0 Å². The summed E-state index contributed by atoms with van der Waals surface area (Å²) in [6.07, 6.45) is 4.37. The fourth-order valence-corrected chi connectivity index (χ4v) is 4.93. The number of sulfonamides is 1. The van der Waals surface area contributed by atoms with Gasteiger partial charge in [0, 0.05) is 30.5 Å². The number of halogens is 1. The fourth-order valence-electron chi connectivity index (χ4n) is 3.43. The predicted molar refractivity (Wildman–Crippen MR) is 105 cm³/mol. The topological polar surface area (TPSA) is 72.6 Å². The lowest BCUT2D eigenvalue weighted by molar-refractivity contribution is 0.322. The molecule has 5 rings (SSSR count). The van der Waals surface area contributed by atoms with E-state index in [0.29, 0.717) is 30.5 Å². The molecule has 0 unspecified atom stereocenters. The summed E-state index contributed by atoms with van der Waals surface area (Å²) in [6, 6.07) is 10.4. The second kappa shape index (κ2) is 6.88. The van der Waals surface area contributed by atoms with Crippen molar-refractivity contribution in [3.63, 3.8) is 0 Å². The summed E-state index contributed by atoms with van der Waals surface area (Å²) < 4.78 is 52.9. The lowest BCUT2D eigenvalue weighted by Crippen LogP contribution is -2.31. The summed E-state index contributed by atoms with van der Waals surface area (Å²) >= 11 is 0. The first-order valence-corrected chi connectivity index (χ1v) is 11.0. The summed E-state index contributed by atoms with van der Waals surface area (Å²) in [5.41, 5.74) is 0.977. The van der Waals surface area contributed by atoms with Crippen LogP contribution in [0.3, 0.4) is 0 Å². The molecule has 0 bridgehead atoms. The zero-order valence-corrected chi connectivity index (χ0v) is 16.4. The SMILES string of the molecule is O=S(=O)(c1ccc(-c2cnc(C3CC3)o2)cc1)N1CCCOc2ccc(F)cc21.